The molecule has 0 saturated heterocycles. The van der Waals surface area contributed by atoms with Crippen molar-refractivity contribution in [3.8, 4) is 46.0 Å². The quantitative estimate of drug-likeness (QED) is 0.0106. The minimum atomic E-state index is -4.35. The molecule has 101 heavy (non-hydrogen) atoms. The van der Waals surface area contributed by atoms with Crippen LogP contribution in [0.25, 0.3) is 0 Å². The van der Waals surface area contributed by atoms with Crippen LogP contribution in [0, 0.1) is 0 Å². The summed E-state index contributed by atoms with van der Waals surface area (Å²) < 4.78 is 210. The lowest BCUT2D eigenvalue weighted by Crippen LogP contribution is -2.25. The fourth-order valence-electron chi connectivity index (χ4n) is 9.67. The number of carbonyl (C=O) groups excluding carboxylic acids is 3. The van der Waals surface area contributed by atoms with Crippen LogP contribution < -0.4 is 43.2 Å². The number of ketones is 2. The van der Waals surface area contributed by atoms with Crippen LogP contribution in [0.5, 0.6) is 46.0 Å². The van der Waals surface area contributed by atoms with Gasteiger partial charge in [0.2, 0.25) is 17.5 Å². The summed E-state index contributed by atoms with van der Waals surface area (Å²) in [5, 5.41) is 20.0. The molecule has 0 bridgehead atoms. The number of amides is 1. The third-order valence-electron chi connectivity index (χ3n) is 14.7. The molecule has 4 aromatic rings. The van der Waals surface area contributed by atoms with Crippen molar-refractivity contribution in [3.05, 3.63) is 71.0 Å². The van der Waals surface area contributed by atoms with E-state index in [1.54, 1.807) is 33.8 Å². The zero-order valence-corrected chi connectivity index (χ0v) is 60.8. The van der Waals surface area contributed by atoms with Crippen molar-refractivity contribution in [2.75, 3.05) is 94.7 Å². The summed E-state index contributed by atoms with van der Waals surface area (Å²) in [4.78, 5) is 40.3. The lowest BCUT2D eigenvalue weighted by atomic mass is 10.0. The van der Waals surface area contributed by atoms with Gasteiger partial charge >= 0.3 is 0 Å². The first-order valence-corrected chi connectivity index (χ1v) is 41.5. The van der Waals surface area contributed by atoms with Gasteiger partial charge in [-0.1, -0.05) is 31.9 Å². The molecular formula is C63H94N7O26S5+. The number of nitrogens with one attached hydrogen (secondary N) is 1. The van der Waals surface area contributed by atoms with Crippen LogP contribution in [0.4, 0.5) is 0 Å². The lowest BCUT2D eigenvalue weighted by Gasteiger charge is -2.18. The van der Waals surface area contributed by atoms with Crippen molar-refractivity contribution in [2.24, 2.45) is 10.3 Å². The van der Waals surface area contributed by atoms with E-state index in [4.69, 9.17) is 37.9 Å². The second-order valence-electron chi connectivity index (χ2n) is 23.7. The molecule has 0 fully saturated rings. The van der Waals surface area contributed by atoms with E-state index in [9.17, 15) is 79.2 Å². The third-order valence-corrected chi connectivity index (χ3v) is 18.8. The van der Waals surface area contributed by atoms with Gasteiger partial charge in [-0.2, -0.15) is 42.1 Å². The summed E-state index contributed by atoms with van der Waals surface area (Å²) in [6.45, 7) is 4.77. The molecule has 5 rings (SSSR count). The van der Waals surface area contributed by atoms with E-state index in [2.05, 4.69) is 26.0 Å². The van der Waals surface area contributed by atoms with Gasteiger partial charge in [-0.05, 0) is 133 Å². The van der Waals surface area contributed by atoms with Crippen LogP contribution in [0.3, 0.4) is 0 Å². The number of nitrogens with zero attached hydrogens (tertiary/aromatic N) is 6. The first-order valence-electron chi connectivity index (χ1n) is 33.4. The first kappa shape index (κ1) is 84.5. The standard InChI is InChI=1S/C63H93N7O26S5/c1-3-5-21-55(71)48-39-53(89-27-11-8-19-51-46-69(67-65-51)24-10-7-22-56(72)49-41-57(91-26-6-4-2)61(95-32-17-37-100(83,84)85)58(42-49)92-29-14-34-97(74,75)76)45-54(40-48)90-28-12-9-20-52-47-70(68-66-52)25-13-23-64-63(73)50-43-59(93-30-15-35-98(77,78)79)62(96-33-18-38-101(86,87)88)60(44-50)94-31-16-36-99(80,81)82/h39-47,51H,3-38H2,1-2H3,(H5-,64,73,74,75,76,77,78,79,80,81,82,83,84,85,86,87,88)/p+1. The molecule has 0 spiro atoms. The van der Waals surface area contributed by atoms with Gasteiger partial charge in [0.15, 0.2) is 34.6 Å². The second kappa shape index (κ2) is 43.1. The number of hydrogen-bond donors (Lipinski definition) is 6. The molecule has 566 valence electrons. The van der Waals surface area contributed by atoms with E-state index in [-0.39, 0.29) is 148 Å². The van der Waals surface area contributed by atoms with Gasteiger partial charge in [-0.25, -0.2) is 0 Å². The van der Waals surface area contributed by atoms with E-state index in [1.165, 1.54) is 24.3 Å². The lowest BCUT2D eigenvalue weighted by molar-refractivity contribution is -0.532. The Balaban J connectivity index is 1.06. The van der Waals surface area contributed by atoms with Gasteiger partial charge < -0.3 is 43.2 Å². The van der Waals surface area contributed by atoms with E-state index in [0.29, 0.717) is 108 Å². The number of rotatable bonds is 56. The molecule has 1 aliphatic heterocycles. The number of aromatic nitrogens is 3. The Hall–Kier alpha value is -7.17. The summed E-state index contributed by atoms with van der Waals surface area (Å²) in [5.41, 5.74) is 1.45. The largest absolute Gasteiger partial charge is 0.493 e. The summed E-state index contributed by atoms with van der Waals surface area (Å²) in [7, 11) is -21.6. The van der Waals surface area contributed by atoms with Gasteiger partial charge in [-0.3, -0.25) is 41.8 Å². The highest BCUT2D eigenvalue weighted by Crippen LogP contribution is 2.41. The molecule has 38 heteroatoms. The Labute approximate surface area is 590 Å². The monoisotopic (exact) mass is 1520 g/mol. The predicted octanol–water partition coefficient (Wildman–Crippen LogP) is 7.77. The van der Waals surface area contributed by atoms with Crippen molar-refractivity contribution >= 4 is 74.3 Å². The molecule has 33 nitrogen and oxygen atoms in total. The molecule has 1 amide bonds. The van der Waals surface area contributed by atoms with Crippen LogP contribution >= 0.6 is 0 Å². The number of ether oxygens (including phenoxy) is 8. The Kier molecular flexibility index (Phi) is 36.0. The summed E-state index contributed by atoms with van der Waals surface area (Å²) in [6.07, 6.45) is 12.2. The zero-order valence-electron chi connectivity index (χ0n) is 56.8. The average Bonchev–Trinajstić information content (AvgIpc) is 1.46. The number of aryl methyl sites for hydroxylation is 2. The van der Waals surface area contributed by atoms with Crippen LogP contribution in [-0.2, 0) is 63.6 Å². The molecule has 1 unspecified atom stereocenters. The fourth-order valence-corrected chi connectivity index (χ4v) is 12.1. The van der Waals surface area contributed by atoms with Gasteiger partial charge in [-0.15, -0.1) is 9.78 Å². The Morgan fingerprint density at radius 3 is 1.38 bits per heavy atom. The molecule has 1 aromatic heterocycles. The Morgan fingerprint density at radius 2 is 0.901 bits per heavy atom. The SMILES string of the molecule is CCCCOc1cc(C(=O)CCCC[N+]2=CC(CCCCOc3cc(OCCCCc4cn(CCCNC(=O)c5cc(OCCCS(=O)(=O)O)c(OCCCS(=O)(=O)O)c(OCCCS(=O)(=O)O)c5)nn4)cc(C(=O)CCCC)c3)N=N2)cc(OCCCS(=O)(=O)O)c1OCCCS(=O)(=O)O. The van der Waals surface area contributed by atoms with E-state index in [1.807, 2.05) is 20.1 Å². The Morgan fingerprint density at radius 1 is 0.475 bits per heavy atom. The first-order chi connectivity index (χ1) is 47.9. The minimum Gasteiger partial charge on any atom is -0.493 e. The van der Waals surface area contributed by atoms with Gasteiger partial charge in [0.1, 0.15) is 29.5 Å². The van der Waals surface area contributed by atoms with E-state index in [0.717, 1.165) is 31.4 Å². The van der Waals surface area contributed by atoms with Gasteiger partial charge in [0.05, 0.1) is 87.3 Å². The smallest absolute Gasteiger partial charge is 0.264 e. The summed E-state index contributed by atoms with van der Waals surface area (Å²) in [6, 6.07) is 10.6. The second-order valence-corrected chi connectivity index (χ2v) is 31.5. The molecule has 1 atom stereocenters. The highest BCUT2D eigenvalue weighted by atomic mass is 32.2. The molecule has 0 radical (unpaired) electrons. The Bertz CT molecular complexity index is 3900. The number of benzene rings is 3. The van der Waals surface area contributed by atoms with Gasteiger partial charge in [0.25, 0.3) is 56.5 Å². The zero-order chi connectivity index (χ0) is 73.9. The predicted molar refractivity (Wildman–Crippen MR) is 369 cm³/mol. The maximum Gasteiger partial charge on any atom is 0.264 e. The number of carbonyl (C=O) groups is 3. The van der Waals surface area contributed by atoms with E-state index < -0.39 is 85.3 Å². The van der Waals surface area contributed by atoms with Crippen molar-refractivity contribution in [1.82, 2.24) is 20.3 Å². The molecule has 0 saturated carbocycles. The highest BCUT2D eigenvalue weighted by molar-refractivity contribution is 7.86. The van der Waals surface area contributed by atoms with Crippen molar-refractivity contribution in [1.29, 1.82) is 0 Å². The van der Waals surface area contributed by atoms with Gasteiger partial charge in [0, 0.05) is 66.4 Å². The molecule has 3 aromatic carbocycles. The van der Waals surface area contributed by atoms with E-state index >= 15 is 0 Å². The fraction of sp³-hybridized carbons (Fsp3) is 0.619. The number of unbranched alkanes of at least 4 members (excludes halogenated alkanes) is 5. The summed E-state index contributed by atoms with van der Waals surface area (Å²) in [5.74, 6) is -3.06. The third kappa shape index (κ3) is 36.0. The van der Waals surface area contributed by atoms with Crippen molar-refractivity contribution < 1.29 is 122 Å². The number of Topliss-reactive ketones (excluding diaryl/α,β-unsaturated/α-hetero) is 2. The maximum atomic E-state index is 13.6. The molecule has 6 N–H and O–H groups in total. The van der Waals surface area contributed by atoms with Crippen LogP contribution in [0.2, 0.25) is 0 Å². The topological polar surface area (TPSA) is 467 Å². The maximum absolute atomic E-state index is 13.6. The normalized spacial score (nSPS) is 13.4. The van der Waals surface area contributed by atoms with Crippen LogP contribution in [0.15, 0.2) is 59.0 Å². The highest BCUT2D eigenvalue weighted by Gasteiger charge is 2.25. The summed E-state index contributed by atoms with van der Waals surface area (Å²) >= 11 is 0. The molecule has 2 heterocycles. The molecule has 1 aliphatic rings. The van der Waals surface area contributed by atoms with Crippen molar-refractivity contribution in [2.45, 2.75) is 155 Å². The number of hydrogen-bond acceptors (Lipinski definition) is 25. The molecular weight excluding hydrogens is 1430 g/mol. The van der Waals surface area contributed by atoms with Crippen LogP contribution in [0.1, 0.15) is 173 Å². The van der Waals surface area contributed by atoms with Crippen LogP contribution in [-0.4, -0.2) is 209 Å². The van der Waals surface area contributed by atoms with Crippen molar-refractivity contribution in [3.63, 3.8) is 0 Å². The average molecular weight is 1530 g/mol. The molecule has 0 aliphatic carbocycles. The minimum absolute atomic E-state index is 0.0206.